The first kappa shape index (κ1) is 17.9. The van der Waals surface area contributed by atoms with E-state index in [-0.39, 0.29) is 18.6 Å². The normalized spacial score (nSPS) is 13.3. The minimum absolute atomic E-state index is 0.209. The minimum Gasteiger partial charge on any atom is -0.454 e. The molecule has 0 bridgehead atoms. The Hall–Kier alpha value is -3.48. The summed E-state index contributed by atoms with van der Waals surface area (Å²) in [7, 11) is 0. The Morgan fingerprint density at radius 2 is 1.96 bits per heavy atom. The van der Waals surface area contributed by atoms with Crippen molar-refractivity contribution in [1.29, 1.82) is 0 Å². The number of para-hydroxylation sites is 1. The minimum atomic E-state index is -0.661. The van der Waals surface area contributed by atoms with Gasteiger partial charge in [0.25, 0.3) is 0 Å². The fourth-order valence-corrected chi connectivity index (χ4v) is 3.34. The molecule has 3 aromatic rings. The summed E-state index contributed by atoms with van der Waals surface area (Å²) in [6.07, 6.45) is 2.28. The molecule has 1 aliphatic rings. The number of hydrogen-bond donors (Lipinski definition) is 3. The quantitative estimate of drug-likeness (QED) is 0.613. The Bertz CT molecular complexity index is 1030. The number of ether oxygens (including phenoxy) is 2. The molecule has 0 radical (unpaired) electrons. The van der Waals surface area contributed by atoms with Gasteiger partial charge in [-0.05, 0) is 29.3 Å². The Morgan fingerprint density at radius 3 is 2.82 bits per heavy atom. The lowest BCUT2D eigenvalue weighted by Gasteiger charge is -2.17. The molecule has 28 heavy (non-hydrogen) atoms. The summed E-state index contributed by atoms with van der Waals surface area (Å²) in [5.74, 6) is 0.885. The van der Waals surface area contributed by atoms with Crippen LogP contribution in [0.5, 0.6) is 11.5 Å². The molecule has 2 heterocycles. The molecule has 0 saturated heterocycles. The molecule has 0 spiro atoms. The number of carbonyl (C=O) groups is 2. The zero-order valence-corrected chi connectivity index (χ0v) is 15.5. The molecule has 1 atom stereocenters. The summed E-state index contributed by atoms with van der Waals surface area (Å²) in [6.45, 7) is 1.95. The van der Waals surface area contributed by atoms with Gasteiger partial charge >= 0.3 is 0 Å². The van der Waals surface area contributed by atoms with Crippen LogP contribution in [-0.4, -0.2) is 29.6 Å². The number of hydrogen-bond acceptors (Lipinski definition) is 4. The van der Waals surface area contributed by atoms with Gasteiger partial charge in [-0.15, -0.1) is 0 Å². The average Bonchev–Trinajstić information content (AvgIpc) is 3.32. The monoisotopic (exact) mass is 379 g/mol. The van der Waals surface area contributed by atoms with Crippen molar-refractivity contribution < 1.29 is 19.1 Å². The third-order valence-corrected chi connectivity index (χ3v) is 4.70. The van der Waals surface area contributed by atoms with Crippen LogP contribution < -0.4 is 20.1 Å². The summed E-state index contributed by atoms with van der Waals surface area (Å²) in [5.41, 5.74) is 2.87. The van der Waals surface area contributed by atoms with Gasteiger partial charge in [-0.2, -0.15) is 0 Å². The molecular weight excluding hydrogens is 358 g/mol. The fraction of sp³-hybridized carbons (Fsp3) is 0.238. The number of rotatable bonds is 6. The lowest BCUT2D eigenvalue weighted by Crippen LogP contribution is -2.47. The highest BCUT2D eigenvalue weighted by molar-refractivity contribution is 5.89. The van der Waals surface area contributed by atoms with E-state index in [1.54, 1.807) is 0 Å². The van der Waals surface area contributed by atoms with E-state index in [1.807, 2.05) is 48.7 Å². The highest BCUT2D eigenvalue weighted by Crippen LogP contribution is 2.32. The van der Waals surface area contributed by atoms with Gasteiger partial charge in [0.2, 0.25) is 18.6 Å². The van der Waals surface area contributed by atoms with Crippen molar-refractivity contribution in [2.24, 2.45) is 0 Å². The predicted molar refractivity (Wildman–Crippen MR) is 104 cm³/mol. The smallest absolute Gasteiger partial charge is 0.243 e. The molecule has 0 saturated carbocycles. The van der Waals surface area contributed by atoms with Crippen LogP contribution in [0.2, 0.25) is 0 Å². The zero-order chi connectivity index (χ0) is 19.5. The van der Waals surface area contributed by atoms with Gasteiger partial charge in [0.05, 0.1) is 0 Å². The van der Waals surface area contributed by atoms with Crippen molar-refractivity contribution in [3.8, 4) is 11.5 Å². The maximum absolute atomic E-state index is 12.8. The predicted octanol–water partition coefficient (Wildman–Crippen LogP) is 2.26. The van der Waals surface area contributed by atoms with E-state index >= 15 is 0 Å². The van der Waals surface area contributed by atoms with Crippen LogP contribution in [-0.2, 0) is 22.6 Å². The first-order chi connectivity index (χ1) is 13.6. The SMILES string of the molecule is CC(=O)N[C@@H](Cc1c[nH]c2ccccc12)C(=O)NCc1ccc2c(c1)OCO2. The topological polar surface area (TPSA) is 92.5 Å². The molecule has 4 rings (SSSR count). The van der Waals surface area contributed by atoms with Crippen molar-refractivity contribution in [2.75, 3.05) is 6.79 Å². The van der Waals surface area contributed by atoms with Gasteiger partial charge in [-0.1, -0.05) is 24.3 Å². The largest absolute Gasteiger partial charge is 0.454 e. The van der Waals surface area contributed by atoms with Crippen molar-refractivity contribution in [1.82, 2.24) is 15.6 Å². The lowest BCUT2D eigenvalue weighted by atomic mass is 10.0. The average molecular weight is 379 g/mol. The van der Waals surface area contributed by atoms with Gasteiger partial charge in [-0.25, -0.2) is 0 Å². The summed E-state index contributed by atoms with van der Waals surface area (Å²) < 4.78 is 10.7. The Kier molecular flexibility index (Phi) is 4.89. The first-order valence-electron chi connectivity index (χ1n) is 9.08. The van der Waals surface area contributed by atoms with Gasteiger partial charge < -0.3 is 25.1 Å². The lowest BCUT2D eigenvalue weighted by molar-refractivity contribution is -0.128. The molecule has 2 aromatic carbocycles. The summed E-state index contributed by atoms with van der Waals surface area (Å²) in [4.78, 5) is 27.6. The van der Waals surface area contributed by atoms with Crippen LogP contribution >= 0.6 is 0 Å². The maximum Gasteiger partial charge on any atom is 0.243 e. The van der Waals surface area contributed by atoms with Gasteiger partial charge in [-0.3, -0.25) is 9.59 Å². The Labute approximate surface area is 162 Å². The van der Waals surface area contributed by atoms with Gasteiger partial charge in [0, 0.05) is 37.0 Å². The Morgan fingerprint density at radius 1 is 1.14 bits per heavy atom. The van der Waals surface area contributed by atoms with Gasteiger partial charge in [0.15, 0.2) is 11.5 Å². The second kappa shape index (κ2) is 7.64. The van der Waals surface area contributed by atoms with E-state index in [0.717, 1.165) is 22.0 Å². The molecule has 7 heteroatoms. The van der Waals surface area contributed by atoms with Crippen LogP contribution in [0.15, 0.2) is 48.7 Å². The molecular formula is C21H21N3O4. The Balaban J connectivity index is 1.46. The van der Waals surface area contributed by atoms with E-state index in [4.69, 9.17) is 9.47 Å². The van der Waals surface area contributed by atoms with Gasteiger partial charge in [0.1, 0.15) is 6.04 Å². The van der Waals surface area contributed by atoms with Crippen LogP contribution in [0.25, 0.3) is 10.9 Å². The van der Waals surface area contributed by atoms with Crippen molar-refractivity contribution in [3.05, 3.63) is 59.8 Å². The van der Waals surface area contributed by atoms with Crippen LogP contribution in [0.3, 0.4) is 0 Å². The third-order valence-electron chi connectivity index (χ3n) is 4.70. The number of aromatic amines is 1. The van der Waals surface area contributed by atoms with E-state index in [0.29, 0.717) is 24.5 Å². The molecule has 1 aliphatic heterocycles. The number of amides is 2. The maximum atomic E-state index is 12.8. The molecule has 0 aliphatic carbocycles. The van der Waals surface area contributed by atoms with E-state index in [9.17, 15) is 9.59 Å². The summed E-state index contributed by atoms with van der Waals surface area (Å²) in [6, 6.07) is 12.8. The van der Waals surface area contributed by atoms with E-state index in [1.165, 1.54) is 6.92 Å². The van der Waals surface area contributed by atoms with Crippen molar-refractivity contribution in [3.63, 3.8) is 0 Å². The van der Waals surface area contributed by atoms with Crippen LogP contribution in [0, 0.1) is 0 Å². The second-order valence-corrected chi connectivity index (χ2v) is 6.72. The molecule has 7 nitrogen and oxygen atoms in total. The molecule has 1 aromatic heterocycles. The standard InChI is InChI=1S/C21H21N3O4/c1-13(25)24-18(9-15-11-22-17-5-3-2-4-16(15)17)21(26)23-10-14-6-7-19-20(8-14)28-12-27-19/h2-8,11,18,22H,9-10,12H2,1H3,(H,23,26)(H,24,25)/t18-/m0/s1. The fourth-order valence-electron chi connectivity index (χ4n) is 3.34. The van der Waals surface area contributed by atoms with Crippen LogP contribution in [0.4, 0.5) is 0 Å². The third kappa shape index (κ3) is 3.78. The van der Waals surface area contributed by atoms with E-state index in [2.05, 4.69) is 15.6 Å². The highest BCUT2D eigenvalue weighted by Gasteiger charge is 2.21. The number of aromatic nitrogens is 1. The molecule has 0 fully saturated rings. The molecule has 2 amide bonds. The molecule has 144 valence electrons. The van der Waals surface area contributed by atoms with E-state index < -0.39 is 6.04 Å². The second-order valence-electron chi connectivity index (χ2n) is 6.72. The summed E-state index contributed by atoms with van der Waals surface area (Å²) in [5, 5.41) is 6.69. The van der Waals surface area contributed by atoms with Crippen molar-refractivity contribution in [2.45, 2.75) is 25.9 Å². The molecule has 3 N–H and O–H groups in total. The highest BCUT2D eigenvalue weighted by atomic mass is 16.7. The number of H-pyrrole nitrogens is 1. The van der Waals surface area contributed by atoms with Crippen molar-refractivity contribution >= 4 is 22.7 Å². The van der Waals surface area contributed by atoms with Crippen LogP contribution in [0.1, 0.15) is 18.1 Å². The summed E-state index contributed by atoms with van der Waals surface area (Å²) >= 11 is 0. The number of nitrogens with one attached hydrogen (secondary N) is 3. The number of fused-ring (bicyclic) bond motifs is 2. The number of benzene rings is 2. The number of carbonyl (C=O) groups excluding carboxylic acids is 2. The zero-order valence-electron chi connectivity index (χ0n) is 15.5. The molecule has 0 unspecified atom stereocenters. The first-order valence-corrected chi connectivity index (χ1v) is 9.08.